The largest absolute Gasteiger partial charge is 0.452 e. The molecule has 0 spiro atoms. The Morgan fingerprint density at radius 2 is 1.62 bits per heavy atom. The standard InChI is InChI=1S/C16H13N3O7/c1-10-5-4-8-13(19(24)25)15(10)16(21)26-9-14(20)17-11-6-2-3-7-12(11)18(22)23/h2-8H,9H2,1H3,(H,17,20). The van der Waals surface area contributed by atoms with Crippen LogP contribution in [0.3, 0.4) is 0 Å². The fourth-order valence-electron chi connectivity index (χ4n) is 2.20. The number of anilines is 1. The summed E-state index contributed by atoms with van der Waals surface area (Å²) in [5.74, 6) is -1.85. The zero-order valence-corrected chi connectivity index (χ0v) is 13.5. The molecule has 10 heteroatoms. The summed E-state index contributed by atoms with van der Waals surface area (Å²) in [5.41, 5.74) is -0.740. The predicted octanol–water partition coefficient (Wildman–Crippen LogP) is 2.61. The van der Waals surface area contributed by atoms with Crippen molar-refractivity contribution in [3.05, 3.63) is 73.8 Å². The molecule has 0 heterocycles. The monoisotopic (exact) mass is 359 g/mol. The third kappa shape index (κ3) is 4.17. The van der Waals surface area contributed by atoms with Crippen LogP contribution in [0.5, 0.6) is 0 Å². The molecule has 0 aliphatic carbocycles. The van der Waals surface area contributed by atoms with Gasteiger partial charge in [0.05, 0.1) is 9.85 Å². The van der Waals surface area contributed by atoms with Crippen molar-refractivity contribution >= 4 is 28.9 Å². The molecule has 10 nitrogen and oxygen atoms in total. The summed E-state index contributed by atoms with van der Waals surface area (Å²) in [6, 6.07) is 9.53. The minimum atomic E-state index is -1.03. The average molecular weight is 359 g/mol. The predicted molar refractivity (Wildman–Crippen MR) is 89.8 cm³/mol. The molecule has 0 fully saturated rings. The van der Waals surface area contributed by atoms with Crippen LogP contribution in [0.25, 0.3) is 0 Å². The Labute approximate surface area is 146 Å². The third-order valence-electron chi connectivity index (χ3n) is 3.36. The highest BCUT2D eigenvalue weighted by atomic mass is 16.6. The number of nitro groups is 2. The van der Waals surface area contributed by atoms with Gasteiger partial charge in [0.25, 0.3) is 17.3 Å². The lowest BCUT2D eigenvalue weighted by molar-refractivity contribution is -0.385. The molecule has 0 aromatic heterocycles. The van der Waals surface area contributed by atoms with Crippen molar-refractivity contribution in [2.24, 2.45) is 0 Å². The Hall–Kier alpha value is -3.82. The van der Waals surface area contributed by atoms with Gasteiger partial charge in [0.1, 0.15) is 11.3 Å². The van der Waals surface area contributed by atoms with Crippen LogP contribution >= 0.6 is 0 Å². The number of ether oxygens (including phenoxy) is 1. The quantitative estimate of drug-likeness (QED) is 0.474. The fraction of sp³-hybridized carbons (Fsp3) is 0.125. The van der Waals surface area contributed by atoms with Crippen molar-refractivity contribution in [3.8, 4) is 0 Å². The molecule has 0 atom stereocenters. The number of rotatable bonds is 6. The molecule has 0 saturated carbocycles. The van der Waals surface area contributed by atoms with Crippen LogP contribution in [0.15, 0.2) is 42.5 Å². The summed E-state index contributed by atoms with van der Waals surface area (Å²) in [6.45, 7) is 0.743. The second-order valence-electron chi connectivity index (χ2n) is 5.12. The van der Waals surface area contributed by atoms with Crippen LogP contribution in [0, 0.1) is 27.2 Å². The van der Waals surface area contributed by atoms with Gasteiger partial charge in [0, 0.05) is 12.1 Å². The Morgan fingerprint density at radius 1 is 1.00 bits per heavy atom. The molecule has 1 amide bonds. The van der Waals surface area contributed by atoms with Gasteiger partial charge in [-0.05, 0) is 18.6 Å². The first-order valence-corrected chi connectivity index (χ1v) is 7.25. The van der Waals surface area contributed by atoms with E-state index in [0.717, 1.165) is 6.07 Å². The number of carbonyl (C=O) groups excluding carboxylic acids is 2. The molecule has 1 N–H and O–H groups in total. The van der Waals surface area contributed by atoms with Gasteiger partial charge in [0.2, 0.25) is 0 Å². The topological polar surface area (TPSA) is 142 Å². The molecule has 2 rings (SSSR count). The lowest BCUT2D eigenvalue weighted by atomic mass is 10.1. The molecule has 0 bridgehead atoms. The van der Waals surface area contributed by atoms with Crippen molar-refractivity contribution in [3.63, 3.8) is 0 Å². The number of para-hydroxylation sites is 2. The minimum Gasteiger partial charge on any atom is -0.452 e. The number of hydrogen-bond acceptors (Lipinski definition) is 7. The Bertz CT molecular complexity index is 895. The maximum Gasteiger partial charge on any atom is 0.345 e. The van der Waals surface area contributed by atoms with Gasteiger partial charge in [-0.3, -0.25) is 25.0 Å². The number of benzene rings is 2. The van der Waals surface area contributed by atoms with E-state index in [1.54, 1.807) is 0 Å². The van der Waals surface area contributed by atoms with Crippen molar-refractivity contribution in [2.75, 3.05) is 11.9 Å². The van der Waals surface area contributed by atoms with Crippen molar-refractivity contribution in [1.82, 2.24) is 0 Å². The lowest BCUT2D eigenvalue weighted by Crippen LogP contribution is -2.22. The van der Waals surface area contributed by atoms with E-state index >= 15 is 0 Å². The van der Waals surface area contributed by atoms with E-state index in [1.807, 2.05) is 0 Å². The number of nitrogens with one attached hydrogen (secondary N) is 1. The van der Waals surface area contributed by atoms with Gasteiger partial charge < -0.3 is 10.1 Å². The maximum absolute atomic E-state index is 12.1. The first-order chi connectivity index (χ1) is 12.3. The normalized spacial score (nSPS) is 10.0. The van der Waals surface area contributed by atoms with Crippen LogP contribution in [0.1, 0.15) is 15.9 Å². The summed E-state index contributed by atoms with van der Waals surface area (Å²) < 4.78 is 4.81. The van der Waals surface area contributed by atoms with Crippen LogP contribution in [0.2, 0.25) is 0 Å². The first-order valence-electron chi connectivity index (χ1n) is 7.25. The smallest absolute Gasteiger partial charge is 0.345 e. The van der Waals surface area contributed by atoms with E-state index in [0.29, 0.717) is 5.56 Å². The Balaban J connectivity index is 2.08. The van der Waals surface area contributed by atoms with E-state index in [9.17, 15) is 29.8 Å². The molecular formula is C16H13N3O7. The fourth-order valence-corrected chi connectivity index (χ4v) is 2.20. The second-order valence-corrected chi connectivity index (χ2v) is 5.12. The molecule has 26 heavy (non-hydrogen) atoms. The highest BCUT2D eigenvalue weighted by molar-refractivity contribution is 5.99. The molecular weight excluding hydrogens is 346 g/mol. The molecule has 0 unspecified atom stereocenters. The van der Waals surface area contributed by atoms with Crippen molar-refractivity contribution in [2.45, 2.75) is 6.92 Å². The maximum atomic E-state index is 12.1. The SMILES string of the molecule is Cc1cccc([N+](=O)[O-])c1C(=O)OCC(=O)Nc1ccccc1[N+](=O)[O-]. The van der Waals surface area contributed by atoms with Crippen LogP contribution in [-0.4, -0.2) is 28.3 Å². The van der Waals surface area contributed by atoms with E-state index in [1.165, 1.54) is 43.3 Å². The Kier molecular flexibility index (Phi) is 5.58. The zero-order chi connectivity index (χ0) is 19.3. The van der Waals surface area contributed by atoms with Gasteiger partial charge in [0.15, 0.2) is 6.61 Å². The summed E-state index contributed by atoms with van der Waals surface area (Å²) in [7, 11) is 0. The number of esters is 1. The molecule has 0 aliphatic heterocycles. The summed E-state index contributed by atoms with van der Waals surface area (Å²) in [5, 5.41) is 24.2. The highest BCUT2D eigenvalue weighted by Gasteiger charge is 2.24. The Morgan fingerprint density at radius 3 is 2.27 bits per heavy atom. The van der Waals surface area contributed by atoms with E-state index in [4.69, 9.17) is 4.74 Å². The molecule has 134 valence electrons. The van der Waals surface area contributed by atoms with Gasteiger partial charge in [-0.15, -0.1) is 0 Å². The summed E-state index contributed by atoms with van der Waals surface area (Å²) in [4.78, 5) is 44.5. The van der Waals surface area contributed by atoms with Crippen LogP contribution < -0.4 is 5.32 Å². The molecule has 2 aromatic rings. The van der Waals surface area contributed by atoms with Gasteiger partial charge in [-0.2, -0.15) is 0 Å². The summed E-state index contributed by atoms with van der Waals surface area (Å²) in [6.07, 6.45) is 0. The number of aryl methyl sites for hydroxylation is 1. The first kappa shape index (κ1) is 18.5. The lowest BCUT2D eigenvalue weighted by Gasteiger charge is -2.08. The van der Waals surface area contributed by atoms with Crippen molar-refractivity contribution in [1.29, 1.82) is 0 Å². The number of nitro benzene ring substituents is 2. The van der Waals surface area contributed by atoms with Crippen molar-refractivity contribution < 1.29 is 24.2 Å². The molecule has 0 radical (unpaired) electrons. The zero-order valence-electron chi connectivity index (χ0n) is 13.5. The number of nitrogens with zero attached hydrogens (tertiary/aromatic N) is 2. The molecule has 0 saturated heterocycles. The van der Waals surface area contributed by atoms with E-state index in [2.05, 4.69) is 5.32 Å². The summed E-state index contributed by atoms with van der Waals surface area (Å²) >= 11 is 0. The average Bonchev–Trinajstić information content (AvgIpc) is 2.59. The van der Waals surface area contributed by atoms with E-state index < -0.39 is 34.0 Å². The number of amides is 1. The minimum absolute atomic E-state index is 0.0552. The number of carbonyl (C=O) groups is 2. The molecule has 0 aliphatic rings. The second kappa shape index (κ2) is 7.83. The number of hydrogen-bond donors (Lipinski definition) is 1. The van der Waals surface area contributed by atoms with Gasteiger partial charge in [-0.25, -0.2) is 4.79 Å². The highest BCUT2D eigenvalue weighted by Crippen LogP contribution is 2.24. The van der Waals surface area contributed by atoms with Crippen LogP contribution in [-0.2, 0) is 9.53 Å². The third-order valence-corrected chi connectivity index (χ3v) is 3.36. The van der Waals surface area contributed by atoms with Gasteiger partial charge >= 0.3 is 5.97 Å². The van der Waals surface area contributed by atoms with E-state index in [-0.39, 0.29) is 16.9 Å². The molecule has 2 aromatic carbocycles. The van der Waals surface area contributed by atoms with Gasteiger partial charge in [-0.1, -0.05) is 24.3 Å². The van der Waals surface area contributed by atoms with Crippen LogP contribution in [0.4, 0.5) is 17.1 Å².